The molecule has 114 valence electrons. The van der Waals surface area contributed by atoms with Crippen LogP contribution in [0.5, 0.6) is 0 Å². The molecule has 20 heavy (non-hydrogen) atoms. The summed E-state index contributed by atoms with van der Waals surface area (Å²) in [7, 11) is -3.50. The number of anilines is 1. The molecule has 0 aliphatic carbocycles. The lowest BCUT2D eigenvalue weighted by Crippen LogP contribution is -2.34. The highest BCUT2D eigenvalue weighted by Gasteiger charge is 2.24. The summed E-state index contributed by atoms with van der Waals surface area (Å²) in [4.78, 5) is 0.341. The Morgan fingerprint density at radius 3 is 2.05 bits per heavy atom. The van der Waals surface area contributed by atoms with Gasteiger partial charge in [0.1, 0.15) is 0 Å². The van der Waals surface area contributed by atoms with E-state index in [4.69, 9.17) is 5.73 Å². The lowest BCUT2D eigenvalue weighted by Gasteiger charge is -2.27. The minimum absolute atomic E-state index is 0.0632. The zero-order chi connectivity index (χ0) is 15.7. The molecule has 0 fully saturated rings. The summed E-state index contributed by atoms with van der Waals surface area (Å²) in [5.74, 6) is 0.242. The molecular weight excluding hydrogens is 272 g/mol. The topological polar surface area (TPSA) is 72.2 Å². The van der Waals surface area contributed by atoms with Crippen LogP contribution in [0.4, 0.5) is 5.69 Å². The molecule has 0 heterocycles. The van der Waals surface area contributed by atoms with Gasteiger partial charge in [0.25, 0.3) is 0 Å². The van der Waals surface area contributed by atoms with Gasteiger partial charge in [-0.05, 0) is 48.4 Å². The molecule has 0 saturated heterocycles. The third-order valence-electron chi connectivity index (χ3n) is 3.81. The average Bonchev–Trinajstić information content (AvgIpc) is 2.22. The average molecular weight is 298 g/mol. The summed E-state index contributed by atoms with van der Waals surface area (Å²) in [6, 6.07) is 3.38. The second kappa shape index (κ2) is 5.74. The normalized spacial score (nSPS) is 14.3. The zero-order valence-electron chi connectivity index (χ0n) is 13.2. The van der Waals surface area contributed by atoms with Gasteiger partial charge >= 0.3 is 0 Å². The lowest BCUT2D eigenvalue weighted by molar-refractivity contribution is 0.263. The molecule has 1 aromatic rings. The summed E-state index contributed by atoms with van der Waals surface area (Å²) < 4.78 is 27.6. The molecule has 1 aromatic carbocycles. The molecule has 0 aliphatic rings. The number of nitrogens with one attached hydrogen (secondary N) is 1. The first-order valence-corrected chi connectivity index (χ1v) is 8.30. The van der Waals surface area contributed by atoms with Crippen LogP contribution in [0.3, 0.4) is 0 Å². The molecule has 0 saturated carbocycles. The Balaban J connectivity index is 3.02. The van der Waals surface area contributed by atoms with E-state index in [1.54, 1.807) is 26.0 Å². The van der Waals surface area contributed by atoms with E-state index >= 15 is 0 Å². The van der Waals surface area contributed by atoms with Crippen molar-refractivity contribution in [2.24, 2.45) is 11.3 Å². The first kappa shape index (κ1) is 17.0. The van der Waals surface area contributed by atoms with Crippen LogP contribution in [0.1, 0.15) is 38.8 Å². The fraction of sp³-hybridized carbons (Fsp3) is 0.600. The largest absolute Gasteiger partial charge is 0.399 e. The van der Waals surface area contributed by atoms with Crippen molar-refractivity contribution in [2.75, 3.05) is 12.3 Å². The second-order valence-electron chi connectivity index (χ2n) is 6.60. The number of sulfonamides is 1. The van der Waals surface area contributed by atoms with Gasteiger partial charge in [0.2, 0.25) is 10.0 Å². The third kappa shape index (κ3) is 3.96. The molecule has 4 nitrogen and oxygen atoms in total. The highest BCUT2D eigenvalue weighted by molar-refractivity contribution is 7.89. The SMILES string of the molecule is Cc1cc(N)cc(C)c1S(=O)(=O)NCC(C)C(C)(C)C. The fourth-order valence-electron chi connectivity index (χ4n) is 2.02. The van der Waals surface area contributed by atoms with Gasteiger partial charge in [-0.3, -0.25) is 0 Å². The van der Waals surface area contributed by atoms with Gasteiger partial charge in [0.05, 0.1) is 4.90 Å². The molecule has 0 radical (unpaired) electrons. The van der Waals surface area contributed by atoms with Gasteiger partial charge in [-0.2, -0.15) is 0 Å². The van der Waals surface area contributed by atoms with Gasteiger partial charge in [0, 0.05) is 12.2 Å². The smallest absolute Gasteiger partial charge is 0.241 e. The molecule has 0 amide bonds. The first-order valence-electron chi connectivity index (χ1n) is 6.81. The van der Waals surface area contributed by atoms with Gasteiger partial charge in [-0.1, -0.05) is 27.7 Å². The van der Waals surface area contributed by atoms with Crippen LogP contribution in [-0.4, -0.2) is 15.0 Å². The van der Waals surface area contributed by atoms with E-state index in [-0.39, 0.29) is 11.3 Å². The maximum atomic E-state index is 12.5. The number of hydrogen-bond acceptors (Lipinski definition) is 3. The molecule has 0 aliphatic heterocycles. The minimum atomic E-state index is -3.50. The van der Waals surface area contributed by atoms with Crippen LogP contribution in [0.25, 0.3) is 0 Å². The highest BCUT2D eigenvalue weighted by Crippen LogP contribution is 2.26. The van der Waals surface area contributed by atoms with Crippen LogP contribution in [0.2, 0.25) is 0 Å². The number of benzene rings is 1. The summed E-state index contributed by atoms with van der Waals surface area (Å²) >= 11 is 0. The minimum Gasteiger partial charge on any atom is -0.399 e. The second-order valence-corrected chi connectivity index (χ2v) is 8.31. The third-order valence-corrected chi connectivity index (χ3v) is 5.54. The van der Waals surface area contributed by atoms with Crippen molar-refractivity contribution in [3.8, 4) is 0 Å². The standard InChI is InChI=1S/C15H26N2O2S/c1-10-7-13(16)8-11(2)14(10)20(18,19)17-9-12(3)15(4,5)6/h7-8,12,17H,9,16H2,1-6H3. The summed E-state index contributed by atoms with van der Waals surface area (Å²) in [5, 5.41) is 0. The Morgan fingerprint density at radius 2 is 1.65 bits per heavy atom. The van der Waals surface area contributed by atoms with E-state index < -0.39 is 10.0 Å². The molecule has 3 N–H and O–H groups in total. The molecule has 0 aromatic heterocycles. The fourth-order valence-corrected chi connectivity index (χ4v) is 3.60. The Morgan fingerprint density at radius 1 is 1.20 bits per heavy atom. The molecule has 5 heteroatoms. The van der Waals surface area contributed by atoms with Gasteiger partial charge < -0.3 is 5.73 Å². The Labute approximate surface area is 122 Å². The molecular formula is C15H26N2O2S. The molecule has 1 atom stereocenters. The lowest BCUT2D eigenvalue weighted by atomic mass is 9.82. The maximum Gasteiger partial charge on any atom is 0.241 e. The van der Waals surface area contributed by atoms with E-state index in [0.717, 1.165) is 0 Å². The number of nitrogen functional groups attached to an aromatic ring is 1. The van der Waals surface area contributed by atoms with Crippen molar-refractivity contribution >= 4 is 15.7 Å². The van der Waals surface area contributed by atoms with Crippen molar-refractivity contribution in [2.45, 2.75) is 46.4 Å². The monoisotopic (exact) mass is 298 g/mol. The first-order chi connectivity index (χ1) is 8.95. The van der Waals surface area contributed by atoms with Crippen LogP contribution in [0.15, 0.2) is 17.0 Å². The number of aryl methyl sites for hydroxylation is 2. The van der Waals surface area contributed by atoms with E-state index in [9.17, 15) is 8.42 Å². The molecule has 1 rings (SSSR count). The van der Waals surface area contributed by atoms with Gasteiger partial charge in [-0.15, -0.1) is 0 Å². The van der Waals surface area contributed by atoms with E-state index in [0.29, 0.717) is 28.3 Å². The van der Waals surface area contributed by atoms with Crippen molar-refractivity contribution < 1.29 is 8.42 Å². The number of rotatable bonds is 4. The summed E-state index contributed by atoms with van der Waals surface area (Å²) in [6.45, 7) is 12.3. The van der Waals surface area contributed by atoms with Crippen molar-refractivity contribution in [1.82, 2.24) is 4.72 Å². The molecule has 0 spiro atoms. The van der Waals surface area contributed by atoms with Crippen molar-refractivity contribution in [3.63, 3.8) is 0 Å². The Hall–Kier alpha value is -1.07. The van der Waals surface area contributed by atoms with Crippen LogP contribution < -0.4 is 10.5 Å². The molecule has 1 unspecified atom stereocenters. The van der Waals surface area contributed by atoms with E-state index in [1.165, 1.54) is 0 Å². The van der Waals surface area contributed by atoms with Crippen molar-refractivity contribution in [3.05, 3.63) is 23.3 Å². The van der Waals surface area contributed by atoms with Gasteiger partial charge in [-0.25, -0.2) is 13.1 Å². The van der Waals surface area contributed by atoms with E-state index in [1.807, 2.05) is 6.92 Å². The maximum absolute atomic E-state index is 12.5. The van der Waals surface area contributed by atoms with Crippen LogP contribution in [0, 0.1) is 25.2 Å². The summed E-state index contributed by atoms with van der Waals surface area (Å²) in [5.41, 5.74) is 7.74. The zero-order valence-corrected chi connectivity index (χ0v) is 14.1. The highest BCUT2D eigenvalue weighted by atomic mass is 32.2. The summed E-state index contributed by atoms with van der Waals surface area (Å²) in [6.07, 6.45) is 0. The molecule has 0 bridgehead atoms. The number of nitrogens with two attached hydrogens (primary N) is 1. The van der Waals surface area contributed by atoms with Gasteiger partial charge in [0.15, 0.2) is 0 Å². The quantitative estimate of drug-likeness (QED) is 0.840. The Bertz CT molecular complexity index is 563. The Kier molecular flexibility index (Phi) is 4.87. The van der Waals surface area contributed by atoms with Crippen LogP contribution >= 0.6 is 0 Å². The van der Waals surface area contributed by atoms with Crippen LogP contribution in [-0.2, 0) is 10.0 Å². The van der Waals surface area contributed by atoms with Crippen molar-refractivity contribution in [1.29, 1.82) is 0 Å². The predicted molar refractivity (Wildman–Crippen MR) is 84.1 cm³/mol. The predicted octanol–water partition coefficient (Wildman–Crippen LogP) is 2.85. The van der Waals surface area contributed by atoms with E-state index in [2.05, 4.69) is 25.5 Å². The number of hydrogen-bond donors (Lipinski definition) is 2.